The van der Waals surface area contributed by atoms with Crippen LogP contribution in [0.25, 0.3) is 10.9 Å². The number of fused-ring (bicyclic) bond motifs is 1. The Kier molecular flexibility index (Phi) is 3.48. The molecule has 0 saturated heterocycles. The van der Waals surface area contributed by atoms with E-state index in [0.717, 1.165) is 16.8 Å². The zero-order valence-corrected chi connectivity index (χ0v) is 13.3. The molecule has 1 aromatic carbocycles. The Hall–Kier alpha value is -2.43. The van der Waals surface area contributed by atoms with Gasteiger partial charge in [-0.2, -0.15) is 5.10 Å². The van der Waals surface area contributed by atoms with Crippen LogP contribution in [-0.2, 0) is 6.54 Å². The predicted molar refractivity (Wildman–Crippen MR) is 89.6 cm³/mol. The second-order valence-electron chi connectivity index (χ2n) is 6.42. The molecule has 0 atom stereocenters. The Bertz CT molecular complexity index is 903. The number of rotatable bonds is 3. The van der Waals surface area contributed by atoms with E-state index in [1.54, 1.807) is 10.9 Å². The zero-order valence-electron chi connectivity index (χ0n) is 13.3. The van der Waals surface area contributed by atoms with Gasteiger partial charge in [-0.05, 0) is 38.0 Å². The van der Waals surface area contributed by atoms with Crippen molar-refractivity contribution in [2.75, 3.05) is 0 Å². The van der Waals surface area contributed by atoms with Crippen molar-refractivity contribution >= 4 is 10.9 Å². The van der Waals surface area contributed by atoms with E-state index < -0.39 is 0 Å². The minimum absolute atomic E-state index is 0.00545. The van der Waals surface area contributed by atoms with Gasteiger partial charge < -0.3 is 0 Å². The topological polar surface area (TPSA) is 52.7 Å². The molecule has 1 aliphatic rings. The molecule has 3 aromatic rings. The third kappa shape index (κ3) is 2.67. The number of aryl methyl sites for hydroxylation is 1. The molecule has 0 bridgehead atoms. The van der Waals surface area contributed by atoms with E-state index in [9.17, 15) is 4.79 Å². The summed E-state index contributed by atoms with van der Waals surface area (Å²) in [5.41, 5.74) is 2.72. The first kappa shape index (κ1) is 14.2. The average Bonchev–Trinajstić information content (AvgIpc) is 3.22. The van der Waals surface area contributed by atoms with Crippen LogP contribution in [-0.4, -0.2) is 19.3 Å². The van der Waals surface area contributed by atoms with Gasteiger partial charge in [-0.25, -0.2) is 4.98 Å². The maximum absolute atomic E-state index is 12.6. The van der Waals surface area contributed by atoms with E-state index in [2.05, 4.69) is 14.8 Å². The van der Waals surface area contributed by atoms with Gasteiger partial charge in [-0.3, -0.25) is 14.0 Å². The van der Waals surface area contributed by atoms with Crippen molar-refractivity contribution in [3.8, 4) is 0 Å². The first-order valence-corrected chi connectivity index (χ1v) is 8.20. The monoisotopic (exact) mass is 308 g/mol. The van der Waals surface area contributed by atoms with E-state index in [-0.39, 0.29) is 5.56 Å². The highest BCUT2D eigenvalue weighted by Crippen LogP contribution is 2.28. The van der Waals surface area contributed by atoms with Crippen molar-refractivity contribution in [1.82, 2.24) is 19.3 Å². The molecular weight excluding hydrogens is 288 g/mol. The SMILES string of the molecule is Cc1ccc2ncn(Cc3ccn(C4CCCC4)n3)c(=O)c2c1. The van der Waals surface area contributed by atoms with Crippen molar-refractivity contribution in [3.63, 3.8) is 0 Å². The van der Waals surface area contributed by atoms with Gasteiger partial charge >= 0.3 is 0 Å². The summed E-state index contributed by atoms with van der Waals surface area (Å²) >= 11 is 0. The minimum atomic E-state index is -0.00545. The Labute approximate surface area is 134 Å². The van der Waals surface area contributed by atoms with Crippen LogP contribution in [0.15, 0.2) is 41.6 Å². The highest BCUT2D eigenvalue weighted by Gasteiger charge is 2.17. The lowest BCUT2D eigenvalue weighted by Crippen LogP contribution is -2.21. The van der Waals surface area contributed by atoms with Crippen LogP contribution in [0, 0.1) is 6.92 Å². The Morgan fingerprint density at radius 3 is 2.87 bits per heavy atom. The third-order valence-electron chi connectivity index (χ3n) is 4.67. The zero-order chi connectivity index (χ0) is 15.8. The fourth-order valence-corrected chi connectivity index (χ4v) is 3.39. The fourth-order valence-electron chi connectivity index (χ4n) is 3.39. The molecule has 0 unspecified atom stereocenters. The molecule has 0 N–H and O–H groups in total. The minimum Gasteiger partial charge on any atom is -0.293 e. The molecule has 23 heavy (non-hydrogen) atoms. The summed E-state index contributed by atoms with van der Waals surface area (Å²) in [5, 5.41) is 5.32. The van der Waals surface area contributed by atoms with Gasteiger partial charge in [0.15, 0.2) is 0 Å². The lowest BCUT2D eigenvalue weighted by molar-refractivity contribution is 0.461. The average molecular weight is 308 g/mol. The maximum Gasteiger partial charge on any atom is 0.261 e. The van der Waals surface area contributed by atoms with Gasteiger partial charge in [0.2, 0.25) is 0 Å². The van der Waals surface area contributed by atoms with Crippen LogP contribution >= 0.6 is 0 Å². The van der Waals surface area contributed by atoms with Crippen LogP contribution in [0.1, 0.15) is 43.0 Å². The summed E-state index contributed by atoms with van der Waals surface area (Å²) in [7, 11) is 0. The second kappa shape index (κ2) is 5.65. The van der Waals surface area contributed by atoms with Gasteiger partial charge in [0.05, 0.1) is 35.5 Å². The number of aromatic nitrogens is 4. The molecule has 5 heteroatoms. The van der Waals surface area contributed by atoms with E-state index in [0.29, 0.717) is 18.0 Å². The quantitative estimate of drug-likeness (QED) is 0.747. The molecule has 0 radical (unpaired) electrons. The van der Waals surface area contributed by atoms with Crippen LogP contribution in [0.5, 0.6) is 0 Å². The summed E-state index contributed by atoms with van der Waals surface area (Å²) in [6.07, 6.45) is 8.64. The van der Waals surface area contributed by atoms with Crippen molar-refractivity contribution in [3.05, 3.63) is 58.4 Å². The molecule has 0 spiro atoms. The number of hydrogen-bond donors (Lipinski definition) is 0. The predicted octanol–water partition coefficient (Wildman–Crippen LogP) is 3.06. The first-order valence-electron chi connectivity index (χ1n) is 8.20. The van der Waals surface area contributed by atoms with E-state index >= 15 is 0 Å². The normalized spacial score (nSPS) is 15.5. The van der Waals surface area contributed by atoms with E-state index in [1.165, 1.54) is 25.7 Å². The maximum atomic E-state index is 12.6. The van der Waals surface area contributed by atoms with E-state index in [1.807, 2.05) is 37.4 Å². The second-order valence-corrected chi connectivity index (χ2v) is 6.42. The van der Waals surface area contributed by atoms with Gasteiger partial charge in [0.25, 0.3) is 5.56 Å². The fraction of sp³-hybridized carbons (Fsp3) is 0.389. The largest absolute Gasteiger partial charge is 0.293 e. The van der Waals surface area contributed by atoms with Gasteiger partial charge in [0, 0.05) is 6.20 Å². The standard InChI is InChI=1S/C18H20N4O/c1-13-6-7-17-16(10-13)18(23)21(12-19-17)11-14-8-9-22(20-14)15-4-2-3-5-15/h6-10,12,15H,2-5,11H2,1H3. The van der Waals surface area contributed by atoms with Crippen LogP contribution in [0.3, 0.4) is 0 Å². The highest BCUT2D eigenvalue weighted by molar-refractivity contribution is 5.77. The molecule has 0 amide bonds. The number of nitrogens with zero attached hydrogens (tertiary/aromatic N) is 4. The van der Waals surface area contributed by atoms with Gasteiger partial charge in [-0.15, -0.1) is 0 Å². The van der Waals surface area contributed by atoms with Crippen molar-refractivity contribution in [1.29, 1.82) is 0 Å². The van der Waals surface area contributed by atoms with Crippen molar-refractivity contribution in [2.45, 2.75) is 45.2 Å². The molecule has 118 valence electrons. The molecule has 0 aliphatic heterocycles. The smallest absolute Gasteiger partial charge is 0.261 e. The first-order chi connectivity index (χ1) is 11.2. The molecular formula is C18H20N4O. The number of benzene rings is 1. The highest BCUT2D eigenvalue weighted by atomic mass is 16.1. The lowest BCUT2D eigenvalue weighted by Gasteiger charge is -2.09. The van der Waals surface area contributed by atoms with Gasteiger partial charge in [-0.1, -0.05) is 24.5 Å². The molecule has 1 aliphatic carbocycles. The lowest BCUT2D eigenvalue weighted by atomic mass is 10.2. The molecule has 2 heterocycles. The van der Waals surface area contributed by atoms with Crippen LogP contribution < -0.4 is 5.56 Å². The van der Waals surface area contributed by atoms with Crippen LogP contribution in [0.4, 0.5) is 0 Å². The Balaban J connectivity index is 1.65. The molecule has 1 fully saturated rings. The summed E-state index contributed by atoms with van der Waals surface area (Å²) in [6.45, 7) is 2.45. The summed E-state index contributed by atoms with van der Waals surface area (Å²) < 4.78 is 3.70. The summed E-state index contributed by atoms with van der Waals surface area (Å²) in [6, 6.07) is 8.30. The molecule has 1 saturated carbocycles. The molecule has 5 nitrogen and oxygen atoms in total. The Morgan fingerprint density at radius 1 is 1.22 bits per heavy atom. The van der Waals surface area contributed by atoms with Crippen molar-refractivity contribution in [2.24, 2.45) is 0 Å². The van der Waals surface area contributed by atoms with E-state index in [4.69, 9.17) is 0 Å². The summed E-state index contributed by atoms with van der Waals surface area (Å²) in [4.78, 5) is 17.0. The summed E-state index contributed by atoms with van der Waals surface area (Å²) in [5.74, 6) is 0. The van der Waals surface area contributed by atoms with Crippen molar-refractivity contribution < 1.29 is 0 Å². The third-order valence-corrected chi connectivity index (χ3v) is 4.67. The molecule has 2 aromatic heterocycles. The van der Waals surface area contributed by atoms with Crippen LogP contribution in [0.2, 0.25) is 0 Å². The molecule has 4 rings (SSSR count). The Morgan fingerprint density at radius 2 is 2.04 bits per heavy atom. The number of hydrogen-bond acceptors (Lipinski definition) is 3. The van der Waals surface area contributed by atoms with Gasteiger partial charge in [0.1, 0.15) is 0 Å².